The molecule has 0 aliphatic heterocycles. The Morgan fingerprint density at radius 3 is 2.60 bits per heavy atom. The molecule has 0 spiro atoms. The number of nitrogens with two attached hydrogens (primary N) is 1. The van der Waals surface area contributed by atoms with Crippen LogP contribution < -0.4 is 5.73 Å². The zero-order valence-electron chi connectivity index (χ0n) is 7.72. The number of nitrogen functional groups attached to an aromatic ring is 1. The summed E-state index contributed by atoms with van der Waals surface area (Å²) in [6.45, 7) is 0. The van der Waals surface area contributed by atoms with Crippen LogP contribution in [0, 0.1) is 0 Å². The first-order valence-corrected chi connectivity index (χ1v) is 5.13. The summed E-state index contributed by atoms with van der Waals surface area (Å²) in [7, 11) is 0. The molecule has 1 aromatic carbocycles. The Morgan fingerprint density at radius 2 is 2.00 bits per heavy atom. The summed E-state index contributed by atoms with van der Waals surface area (Å²) in [6.07, 6.45) is 0. The van der Waals surface area contributed by atoms with Crippen LogP contribution in [-0.4, -0.2) is 15.2 Å². The monoisotopic (exact) mass is 312 g/mol. The molecule has 4 nitrogen and oxygen atoms in total. The predicted molar refractivity (Wildman–Crippen MR) is 55.8 cm³/mol. The molecule has 0 bridgehead atoms. The van der Waals surface area contributed by atoms with E-state index >= 15 is 0 Å². The minimum atomic E-state index is 0. The summed E-state index contributed by atoms with van der Waals surface area (Å²) >= 11 is 1.53. The van der Waals surface area contributed by atoms with Crippen molar-refractivity contribution >= 4 is 17.7 Å². The van der Waals surface area contributed by atoms with Gasteiger partial charge in [-0.25, -0.2) is 10.2 Å². The molecule has 0 atom stereocenters. The quantitative estimate of drug-likeness (QED) is 0.528. The van der Waals surface area contributed by atoms with Gasteiger partial charge in [-0.1, -0.05) is 30.3 Å². The van der Waals surface area contributed by atoms with Gasteiger partial charge in [-0.15, -0.1) is 0 Å². The summed E-state index contributed by atoms with van der Waals surface area (Å²) in [5, 5.41) is 8.06. The van der Waals surface area contributed by atoms with E-state index in [1.807, 2.05) is 18.2 Å². The van der Waals surface area contributed by atoms with Crippen LogP contribution in [0.3, 0.4) is 0 Å². The van der Waals surface area contributed by atoms with Gasteiger partial charge < -0.3 is 10.7 Å². The van der Waals surface area contributed by atoms with Crippen molar-refractivity contribution in [2.24, 2.45) is 0 Å². The summed E-state index contributed by atoms with van der Waals surface area (Å²) in [6, 6.07) is 10.1. The van der Waals surface area contributed by atoms with Gasteiger partial charge in [-0.2, -0.15) is 11.8 Å². The van der Waals surface area contributed by atoms with E-state index in [1.165, 1.54) is 17.3 Å². The van der Waals surface area contributed by atoms with Crippen molar-refractivity contribution in [1.82, 2.24) is 15.2 Å². The molecule has 6 heteroatoms. The summed E-state index contributed by atoms with van der Waals surface area (Å²) < 4.78 is 0. The van der Waals surface area contributed by atoms with Crippen LogP contribution in [0.4, 0.5) is 5.95 Å². The predicted octanol–water partition coefficient (Wildman–Crippen LogP) is 1.46. The van der Waals surface area contributed by atoms with Crippen LogP contribution in [-0.2, 0) is 28.1 Å². The molecule has 0 saturated carbocycles. The van der Waals surface area contributed by atoms with Gasteiger partial charge in [0.1, 0.15) is 0 Å². The Balaban J connectivity index is 0.00000112. The maximum atomic E-state index is 5.35. The molecular weight excluding hydrogens is 304 g/mol. The number of thioether (sulfide) groups is 1. The van der Waals surface area contributed by atoms with Gasteiger partial charge >= 0.3 is 22.4 Å². The molecule has 0 fully saturated rings. The fraction of sp³-hybridized carbons (Fsp3) is 0.111. The Morgan fingerprint density at radius 1 is 1.27 bits per heavy atom. The van der Waals surface area contributed by atoms with Crippen molar-refractivity contribution in [1.29, 1.82) is 0 Å². The van der Waals surface area contributed by atoms with Crippen molar-refractivity contribution in [2.45, 2.75) is 10.9 Å². The van der Waals surface area contributed by atoms with Crippen LogP contribution in [0.2, 0.25) is 0 Å². The molecule has 2 rings (SSSR count). The molecule has 2 N–H and O–H groups in total. The third-order valence-electron chi connectivity index (χ3n) is 1.66. The molecular formula is C9H9AgN4S. The second kappa shape index (κ2) is 5.97. The standard InChI is InChI=1S/C9H9N4S.Ag/c10-8-11-9(13-12-8)14-6-7-4-2-1-3-5-7;/h1-5H,6,10H2;/q-1;+1. The van der Waals surface area contributed by atoms with Crippen molar-refractivity contribution in [3.63, 3.8) is 0 Å². The second-order valence-corrected chi connectivity index (χ2v) is 3.67. The van der Waals surface area contributed by atoms with E-state index in [9.17, 15) is 0 Å². The number of hydrogen-bond acceptors (Lipinski definition) is 5. The van der Waals surface area contributed by atoms with E-state index in [-0.39, 0.29) is 28.3 Å². The molecule has 1 aromatic heterocycles. The van der Waals surface area contributed by atoms with Gasteiger partial charge in [0, 0.05) is 5.75 Å². The summed E-state index contributed by atoms with van der Waals surface area (Å²) in [5.41, 5.74) is 6.59. The van der Waals surface area contributed by atoms with E-state index < -0.39 is 0 Å². The van der Waals surface area contributed by atoms with Crippen LogP contribution >= 0.6 is 11.8 Å². The van der Waals surface area contributed by atoms with E-state index in [0.29, 0.717) is 5.16 Å². The van der Waals surface area contributed by atoms with Gasteiger partial charge in [0.15, 0.2) is 0 Å². The van der Waals surface area contributed by atoms with Crippen LogP contribution in [0.15, 0.2) is 35.5 Å². The van der Waals surface area contributed by atoms with Crippen LogP contribution in [0.25, 0.3) is 0 Å². The van der Waals surface area contributed by atoms with Gasteiger partial charge in [-0.05, 0) is 5.56 Å². The van der Waals surface area contributed by atoms with Crippen molar-refractivity contribution in [3.05, 3.63) is 35.9 Å². The molecule has 0 radical (unpaired) electrons. The molecule has 82 valence electrons. The van der Waals surface area contributed by atoms with Crippen LogP contribution in [0.1, 0.15) is 5.56 Å². The smallest absolute Gasteiger partial charge is 0.444 e. The number of benzene rings is 1. The van der Waals surface area contributed by atoms with Crippen LogP contribution in [0.5, 0.6) is 0 Å². The van der Waals surface area contributed by atoms with Gasteiger partial charge in [0.25, 0.3) is 0 Å². The first kappa shape index (κ1) is 12.3. The first-order valence-electron chi connectivity index (χ1n) is 4.14. The van der Waals surface area contributed by atoms with Gasteiger partial charge in [-0.3, -0.25) is 0 Å². The fourth-order valence-electron chi connectivity index (χ4n) is 1.02. The number of anilines is 1. The molecule has 1 heterocycles. The molecule has 2 aromatic rings. The van der Waals surface area contributed by atoms with Gasteiger partial charge in [0.05, 0.1) is 11.1 Å². The maximum absolute atomic E-state index is 5.35. The molecule has 0 aliphatic carbocycles. The third kappa shape index (κ3) is 3.71. The molecule has 0 saturated heterocycles. The van der Waals surface area contributed by atoms with E-state index in [0.717, 1.165) is 5.75 Å². The van der Waals surface area contributed by atoms with E-state index in [4.69, 9.17) is 5.73 Å². The third-order valence-corrected chi connectivity index (χ3v) is 2.57. The molecule has 15 heavy (non-hydrogen) atoms. The number of aromatic nitrogens is 3. The number of rotatable bonds is 3. The number of nitrogens with zero attached hydrogens (tertiary/aromatic N) is 3. The fourth-order valence-corrected chi connectivity index (χ4v) is 1.76. The maximum Gasteiger partial charge on any atom is 1.00 e. The largest absolute Gasteiger partial charge is 1.00 e. The normalized spacial score (nSPS) is 9.60. The zero-order valence-corrected chi connectivity index (χ0v) is 10.0. The minimum Gasteiger partial charge on any atom is -0.444 e. The molecule has 0 aliphatic rings. The van der Waals surface area contributed by atoms with Crippen molar-refractivity contribution in [3.8, 4) is 0 Å². The van der Waals surface area contributed by atoms with E-state index in [2.05, 4.69) is 27.3 Å². The number of hydrogen-bond donors (Lipinski definition) is 1. The minimum absolute atomic E-state index is 0. The summed E-state index contributed by atoms with van der Waals surface area (Å²) in [4.78, 5) is 3.94. The Kier molecular flexibility index (Phi) is 4.90. The zero-order chi connectivity index (χ0) is 9.80. The average Bonchev–Trinajstić information content (AvgIpc) is 2.63. The van der Waals surface area contributed by atoms with E-state index in [1.54, 1.807) is 0 Å². The van der Waals surface area contributed by atoms with Crippen molar-refractivity contribution in [2.75, 3.05) is 5.73 Å². The SMILES string of the molecule is N[c-]1nnc(SCc2ccccc2)n1.[Ag+]. The first-order chi connectivity index (χ1) is 6.84. The Labute approximate surface area is 108 Å². The Hall–Kier alpha value is -0.750. The second-order valence-electron chi connectivity index (χ2n) is 2.73. The Bertz CT molecular complexity index is 404. The topological polar surface area (TPSA) is 64.7 Å². The molecule has 0 unspecified atom stereocenters. The van der Waals surface area contributed by atoms with Crippen molar-refractivity contribution < 1.29 is 22.4 Å². The van der Waals surface area contributed by atoms with Gasteiger partial charge in [0.2, 0.25) is 0 Å². The molecule has 0 amide bonds. The average molecular weight is 313 g/mol. The summed E-state index contributed by atoms with van der Waals surface area (Å²) in [5.74, 6) is 1.08.